The van der Waals surface area contributed by atoms with E-state index in [1.807, 2.05) is 17.8 Å². The van der Waals surface area contributed by atoms with Crippen LogP contribution in [-0.2, 0) is 17.7 Å². The van der Waals surface area contributed by atoms with Crippen molar-refractivity contribution in [3.8, 4) is 0 Å². The van der Waals surface area contributed by atoms with Gasteiger partial charge >= 0.3 is 0 Å². The van der Waals surface area contributed by atoms with Gasteiger partial charge in [-0.25, -0.2) is 0 Å². The highest BCUT2D eigenvalue weighted by Gasteiger charge is 2.01. The molecule has 0 aliphatic heterocycles. The van der Waals surface area contributed by atoms with E-state index in [1.165, 1.54) is 5.56 Å². The fourth-order valence-corrected chi connectivity index (χ4v) is 1.49. The summed E-state index contributed by atoms with van der Waals surface area (Å²) in [4.78, 5) is 0. The van der Waals surface area contributed by atoms with E-state index in [1.54, 1.807) is 0 Å². The van der Waals surface area contributed by atoms with Crippen molar-refractivity contribution in [2.45, 2.75) is 32.1 Å². The molecule has 1 heterocycles. The van der Waals surface area contributed by atoms with Crippen LogP contribution in [-0.4, -0.2) is 28.2 Å². The second-order valence-electron chi connectivity index (χ2n) is 3.36. The zero-order valence-electron chi connectivity index (χ0n) is 8.81. The van der Waals surface area contributed by atoms with Crippen molar-refractivity contribution in [2.75, 3.05) is 13.2 Å². The standard InChI is InChI=1S/C10H18N2OS/c1-3-13-5-4-12-8-10(7-11-12)6-9(2)14/h7-9,14H,3-6H2,1-2H3. The Labute approximate surface area is 90.9 Å². The second kappa shape index (κ2) is 6.09. The number of thiol groups is 1. The first kappa shape index (κ1) is 11.6. The van der Waals surface area contributed by atoms with Gasteiger partial charge < -0.3 is 4.74 Å². The largest absolute Gasteiger partial charge is 0.380 e. The molecule has 0 bridgehead atoms. The molecular weight excluding hydrogens is 196 g/mol. The van der Waals surface area contributed by atoms with E-state index in [4.69, 9.17) is 4.74 Å². The third-order valence-corrected chi connectivity index (χ3v) is 2.07. The maximum atomic E-state index is 5.25. The smallest absolute Gasteiger partial charge is 0.0662 e. The first-order valence-electron chi connectivity index (χ1n) is 4.99. The molecule has 0 radical (unpaired) electrons. The zero-order chi connectivity index (χ0) is 10.4. The van der Waals surface area contributed by atoms with Crippen LogP contribution < -0.4 is 0 Å². The Morgan fingerprint density at radius 1 is 1.64 bits per heavy atom. The number of hydrogen-bond acceptors (Lipinski definition) is 3. The van der Waals surface area contributed by atoms with Gasteiger partial charge in [0.1, 0.15) is 0 Å². The lowest BCUT2D eigenvalue weighted by Crippen LogP contribution is -2.06. The molecule has 0 N–H and O–H groups in total. The molecular formula is C10H18N2OS. The van der Waals surface area contributed by atoms with E-state index in [0.717, 1.165) is 26.2 Å². The van der Waals surface area contributed by atoms with E-state index < -0.39 is 0 Å². The quantitative estimate of drug-likeness (QED) is 0.577. The average Bonchev–Trinajstić information content (AvgIpc) is 2.52. The van der Waals surface area contributed by atoms with Crippen LogP contribution in [0.2, 0.25) is 0 Å². The SMILES string of the molecule is CCOCCn1cc(CC(C)S)cn1. The molecule has 1 atom stereocenters. The van der Waals surface area contributed by atoms with E-state index in [-0.39, 0.29) is 0 Å². The van der Waals surface area contributed by atoms with Gasteiger partial charge in [-0.3, -0.25) is 4.68 Å². The third kappa shape index (κ3) is 4.15. The van der Waals surface area contributed by atoms with Crippen LogP contribution in [0.5, 0.6) is 0 Å². The zero-order valence-corrected chi connectivity index (χ0v) is 9.70. The normalized spacial score (nSPS) is 13.1. The number of ether oxygens (including phenoxy) is 1. The minimum absolute atomic E-state index is 0.388. The Kier molecular flexibility index (Phi) is 5.04. The van der Waals surface area contributed by atoms with Crippen molar-refractivity contribution in [1.29, 1.82) is 0 Å². The lowest BCUT2D eigenvalue weighted by Gasteiger charge is -2.01. The van der Waals surface area contributed by atoms with Gasteiger partial charge in [0.25, 0.3) is 0 Å². The molecule has 1 aromatic rings. The van der Waals surface area contributed by atoms with Gasteiger partial charge in [0.2, 0.25) is 0 Å². The van der Waals surface area contributed by atoms with Gasteiger partial charge in [0.15, 0.2) is 0 Å². The molecule has 1 aromatic heterocycles. The van der Waals surface area contributed by atoms with Crippen LogP contribution in [0.15, 0.2) is 12.4 Å². The van der Waals surface area contributed by atoms with Crippen molar-refractivity contribution in [1.82, 2.24) is 9.78 Å². The summed E-state index contributed by atoms with van der Waals surface area (Å²) in [6.07, 6.45) is 4.93. The van der Waals surface area contributed by atoms with Crippen molar-refractivity contribution < 1.29 is 4.74 Å². The maximum Gasteiger partial charge on any atom is 0.0662 e. The van der Waals surface area contributed by atoms with Gasteiger partial charge in [0, 0.05) is 18.1 Å². The highest BCUT2D eigenvalue weighted by molar-refractivity contribution is 7.80. The molecule has 0 spiro atoms. The molecule has 80 valence electrons. The summed E-state index contributed by atoms with van der Waals surface area (Å²) in [5.74, 6) is 0. The van der Waals surface area contributed by atoms with Crippen LogP contribution in [0.4, 0.5) is 0 Å². The van der Waals surface area contributed by atoms with E-state index in [0.29, 0.717) is 5.25 Å². The Bertz CT molecular complexity index is 260. The molecule has 3 nitrogen and oxygen atoms in total. The monoisotopic (exact) mass is 214 g/mol. The highest BCUT2D eigenvalue weighted by atomic mass is 32.1. The fourth-order valence-electron chi connectivity index (χ4n) is 1.28. The Balaban J connectivity index is 2.35. The summed E-state index contributed by atoms with van der Waals surface area (Å²) in [6, 6.07) is 0. The summed E-state index contributed by atoms with van der Waals surface area (Å²) in [5, 5.41) is 4.63. The van der Waals surface area contributed by atoms with Gasteiger partial charge in [-0.2, -0.15) is 17.7 Å². The summed E-state index contributed by atoms with van der Waals surface area (Å²) >= 11 is 4.34. The van der Waals surface area contributed by atoms with Crippen molar-refractivity contribution in [3.63, 3.8) is 0 Å². The number of hydrogen-bond donors (Lipinski definition) is 1. The van der Waals surface area contributed by atoms with E-state index in [9.17, 15) is 0 Å². The van der Waals surface area contributed by atoms with Crippen LogP contribution in [0.3, 0.4) is 0 Å². The first-order chi connectivity index (χ1) is 6.72. The van der Waals surface area contributed by atoms with Crippen molar-refractivity contribution in [3.05, 3.63) is 18.0 Å². The minimum atomic E-state index is 0.388. The average molecular weight is 214 g/mol. The first-order valence-corrected chi connectivity index (χ1v) is 5.51. The number of aromatic nitrogens is 2. The van der Waals surface area contributed by atoms with Crippen LogP contribution in [0.25, 0.3) is 0 Å². The topological polar surface area (TPSA) is 27.1 Å². The number of rotatable bonds is 6. The predicted molar refractivity (Wildman–Crippen MR) is 60.9 cm³/mol. The number of nitrogens with zero attached hydrogens (tertiary/aromatic N) is 2. The van der Waals surface area contributed by atoms with Gasteiger partial charge in [0.05, 0.1) is 19.3 Å². The molecule has 0 saturated heterocycles. The molecule has 0 amide bonds. The van der Waals surface area contributed by atoms with Crippen LogP contribution in [0.1, 0.15) is 19.4 Å². The Hall–Kier alpha value is -0.480. The summed E-state index contributed by atoms with van der Waals surface area (Å²) < 4.78 is 7.17. The van der Waals surface area contributed by atoms with Crippen molar-refractivity contribution >= 4 is 12.6 Å². The highest BCUT2D eigenvalue weighted by Crippen LogP contribution is 2.05. The van der Waals surface area contributed by atoms with Gasteiger partial charge in [-0.15, -0.1) is 0 Å². The van der Waals surface area contributed by atoms with Crippen LogP contribution in [0, 0.1) is 0 Å². The molecule has 14 heavy (non-hydrogen) atoms. The molecule has 1 unspecified atom stereocenters. The van der Waals surface area contributed by atoms with Crippen LogP contribution >= 0.6 is 12.6 Å². The van der Waals surface area contributed by atoms with E-state index in [2.05, 4.69) is 30.8 Å². The molecule has 1 rings (SSSR count). The molecule has 0 aliphatic rings. The molecule has 0 fully saturated rings. The third-order valence-electron chi connectivity index (χ3n) is 1.89. The summed E-state index contributed by atoms with van der Waals surface area (Å²) in [7, 11) is 0. The molecule has 4 heteroatoms. The summed E-state index contributed by atoms with van der Waals surface area (Å²) in [6.45, 7) is 6.41. The molecule has 0 aliphatic carbocycles. The predicted octanol–water partition coefficient (Wildman–Crippen LogP) is 1.78. The lowest BCUT2D eigenvalue weighted by atomic mass is 10.2. The summed E-state index contributed by atoms with van der Waals surface area (Å²) in [5.41, 5.74) is 1.24. The fraction of sp³-hybridized carbons (Fsp3) is 0.700. The maximum absolute atomic E-state index is 5.25. The Morgan fingerprint density at radius 2 is 2.43 bits per heavy atom. The molecule has 0 aromatic carbocycles. The van der Waals surface area contributed by atoms with Crippen molar-refractivity contribution in [2.24, 2.45) is 0 Å². The van der Waals surface area contributed by atoms with Gasteiger partial charge in [-0.05, 0) is 18.9 Å². The Morgan fingerprint density at radius 3 is 3.07 bits per heavy atom. The van der Waals surface area contributed by atoms with E-state index >= 15 is 0 Å². The van der Waals surface area contributed by atoms with Gasteiger partial charge in [-0.1, -0.05) is 6.92 Å². The molecule has 0 saturated carbocycles. The minimum Gasteiger partial charge on any atom is -0.380 e. The lowest BCUT2D eigenvalue weighted by molar-refractivity contribution is 0.136. The second-order valence-corrected chi connectivity index (χ2v) is 4.24.